The number of hydrogen-bond acceptors (Lipinski definition) is 10. The Bertz CT molecular complexity index is 2860. The fourth-order valence-corrected chi connectivity index (χ4v) is 8.48. The number of nitrogens with zero attached hydrogens (tertiary/aromatic N) is 12. The SMILES string of the molecule is COc1nc(/C=C/c2nc3n(n2)CCC[C@@H]3c2ccccc2C(F)(F)F)ccc1-n1ccnc1.COc1nc(/C=C/c2nc3n(n2)CCC[C@H]3c2ccccc2C(F)(F)F)ccc1-n1ccnc1. The van der Waals surface area contributed by atoms with Crippen LogP contribution in [0.4, 0.5) is 26.3 Å². The molecule has 0 saturated heterocycles. The minimum absolute atomic E-state index is 0.236. The molecule has 68 heavy (non-hydrogen) atoms. The van der Waals surface area contributed by atoms with Gasteiger partial charge < -0.3 is 18.6 Å². The number of alkyl halides is 6. The Morgan fingerprint density at radius 3 is 1.35 bits per heavy atom. The number of fused-ring (bicyclic) bond motifs is 2. The summed E-state index contributed by atoms with van der Waals surface area (Å²) in [6.07, 6.45) is 10.9. The number of ether oxygens (including phenoxy) is 2. The number of pyridine rings is 2. The van der Waals surface area contributed by atoms with Crippen LogP contribution in [0.15, 0.2) is 110 Å². The maximum Gasteiger partial charge on any atom is 0.416 e. The maximum absolute atomic E-state index is 13.6. The van der Waals surface area contributed by atoms with Crippen molar-refractivity contribution in [3.05, 3.63) is 167 Å². The van der Waals surface area contributed by atoms with Crippen LogP contribution in [0.3, 0.4) is 0 Å². The lowest BCUT2D eigenvalue weighted by Gasteiger charge is -2.25. The van der Waals surface area contributed by atoms with Crippen LogP contribution < -0.4 is 9.47 Å². The number of methoxy groups -OCH3 is 2. The van der Waals surface area contributed by atoms with E-state index in [0.717, 1.165) is 36.3 Å². The molecule has 2 aliphatic rings. The van der Waals surface area contributed by atoms with Crippen molar-refractivity contribution in [3.8, 4) is 23.1 Å². The molecular formula is C48H42F6N12O2. The number of rotatable bonds is 10. The molecular weight excluding hydrogens is 891 g/mol. The molecule has 348 valence electrons. The Kier molecular flexibility index (Phi) is 12.7. The minimum atomic E-state index is -4.42. The van der Waals surface area contributed by atoms with Gasteiger partial charge in [0, 0.05) is 49.7 Å². The fraction of sp³-hybridized carbons (Fsp3) is 0.250. The van der Waals surface area contributed by atoms with E-state index in [1.54, 1.807) is 107 Å². The Labute approximate surface area is 385 Å². The third kappa shape index (κ3) is 9.65. The van der Waals surface area contributed by atoms with Gasteiger partial charge in [-0.1, -0.05) is 36.4 Å². The van der Waals surface area contributed by atoms with Crippen LogP contribution in [-0.2, 0) is 25.4 Å². The lowest BCUT2D eigenvalue weighted by molar-refractivity contribution is -0.139. The number of aryl methyl sites for hydroxylation is 2. The molecule has 0 unspecified atom stereocenters. The van der Waals surface area contributed by atoms with Crippen molar-refractivity contribution in [1.82, 2.24) is 58.6 Å². The second kappa shape index (κ2) is 19.1. The van der Waals surface area contributed by atoms with E-state index in [0.29, 0.717) is 72.4 Å². The van der Waals surface area contributed by atoms with Gasteiger partial charge in [-0.3, -0.25) is 0 Å². The second-order valence-electron chi connectivity index (χ2n) is 15.8. The van der Waals surface area contributed by atoms with Gasteiger partial charge in [-0.15, -0.1) is 0 Å². The van der Waals surface area contributed by atoms with Crippen LogP contribution in [-0.4, -0.2) is 72.8 Å². The number of halogens is 6. The summed E-state index contributed by atoms with van der Waals surface area (Å²) < 4.78 is 99.4. The first-order valence-electron chi connectivity index (χ1n) is 21.5. The number of imidazole rings is 2. The van der Waals surface area contributed by atoms with Gasteiger partial charge in [-0.05, 0) is 97.5 Å². The molecule has 0 amide bonds. The highest BCUT2D eigenvalue weighted by atomic mass is 19.4. The minimum Gasteiger partial charge on any atom is -0.479 e. The van der Waals surface area contributed by atoms with Gasteiger partial charge in [0.05, 0.1) is 49.4 Å². The maximum atomic E-state index is 13.6. The Balaban J connectivity index is 0.000000170. The van der Waals surface area contributed by atoms with Gasteiger partial charge in [-0.25, -0.2) is 39.3 Å². The first kappa shape index (κ1) is 45.3. The van der Waals surface area contributed by atoms with E-state index in [1.165, 1.54) is 24.3 Å². The summed E-state index contributed by atoms with van der Waals surface area (Å²) in [6.45, 7) is 1.24. The zero-order valence-electron chi connectivity index (χ0n) is 36.5. The quantitative estimate of drug-likeness (QED) is 0.122. The molecule has 0 bridgehead atoms. The van der Waals surface area contributed by atoms with Crippen LogP contribution in [0, 0.1) is 0 Å². The largest absolute Gasteiger partial charge is 0.479 e. The zero-order chi connectivity index (χ0) is 47.4. The van der Waals surface area contributed by atoms with E-state index < -0.39 is 35.3 Å². The molecule has 0 saturated carbocycles. The predicted molar refractivity (Wildman–Crippen MR) is 239 cm³/mol. The van der Waals surface area contributed by atoms with Crippen LogP contribution >= 0.6 is 0 Å². The first-order valence-corrected chi connectivity index (χ1v) is 21.5. The molecule has 2 atom stereocenters. The van der Waals surface area contributed by atoms with Crippen molar-refractivity contribution in [2.75, 3.05) is 14.2 Å². The molecule has 10 rings (SSSR count). The van der Waals surface area contributed by atoms with E-state index in [-0.39, 0.29) is 11.1 Å². The van der Waals surface area contributed by atoms with E-state index in [2.05, 4.69) is 40.1 Å². The molecule has 6 aromatic heterocycles. The molecule has 0 fully saturated rings. The molecule has 0 aliphatic carbocycles. The molecule has 8 aromatic rings. The van der Waals surface area contributed by atoms with Crippen molar-refractivity contribution in [2.45, 2.75) is 63.0 Å². The monoisotopic (exact) mass is 932 g/mol. The molecule has 2 aliphatic heterocycles. The van der Waals surface area contributed by atoms with Crippen LogP contribution in [0.25, 0.3) is 35.7 Å². The van der Waals surface area contributed by atoms with E-state index in [9.17, 15) is 26.3 Å². The third-order valence-electron chi connectivity index (χ3n) is 11.5. The van der Waals surface area contributed by atoms with Crippen LogP contribution in [0.2, 0.25) is 0 Å². The molecule has 0 N–H and O–H groups in total. The lowest BCUT2D eigenvalue weighted by atomic mass is 9.88. The summed E-state index contributed by atoms with van der Waals surface area (Å²) in [4.78, 5) is 26.2. The van der Waals surface area contributed by atoms with Gasteiger partial charge in [-0.2, -0.15) is 36.5 Å². The summed E-state index contributed by atoms with van der Waals surface area (Å²) >= 11 is 0. The van der Waals surface area contributed by atoms with Crippen molar-refractivity contribution >= 4 is 24.3 Å². The highest BCUT2D eigenvalue weighted by Crippen LogP contribution is 2.42. The topological polar surface area (TPSA) is 141 Å². The van der Waals surface area contributed by atoms with Gasteiger partial charge in [0.25, 0.3) is 0 Å². The van der Waals surface area contributed by atoms with E-state index in [4.69, 9.17) is 9.47 Å². The average Bonchev–Trinajstić information content (AvgIpc) is 4.20. The molecule has 0 radical (unpaired) electrons. The zero-order valence-corrected chi connectivity index (χ0v) is 36.5. The highest BCUT2D eigenvalue weighted by molar-refractivity contribution is 5.67. The third-order valence-corrected chi connectivity index (χ3v) is 11.5. The predicted octanol–water partition coefficient (Wildman–Crippen LogP) is 9.96. The van der Waals surface area contributed by atoms with Crippen LogP contribution in [0.1, 0.15) is 94.5 Å². The van der Waals surface area contributed by atoms with Gasteiger partial charge >= 0.3 is 12.4 Å². The lowest BCUT2D eigenvalue weighted by Crippen LogP contribution is -2.21. The molecule has 0 spiro atoms. The number of aromatic nitrogens is 12. The van der Waals surface area contributed by atoms with Crippen molar-refractivity contribution < 1.29 is 35.8 Å². The second-order valence-corrected chi connectivity index (χ2v) is 15.8. The number of benzene rings is 2. The van der Waals surface area contributed by atoms with Crippen molar-refractivity contribution in [2.24, 2.45) is 0 Å². The summed E-state index contributed by atoms with van der Waals surface area (Å²) in [5.74, 6) is 1.87. The standard InChI is InChI=1S/2C24H21F3N6O/c2*1-34-23-20(32-14-12-28-15-32)10-8-16(29-23)9-11-21-30-22-18(6-4-13-33(22)31-21)17-5-2-3-7-19(17)24(25,26)27/h2*2-3,5,7-12,14-15,18H,4,6,13H2,1H3/b2*11-9+/t2*18-/m10/s1. The first-order chi connectivity index (χ1) is 32.9. The fourth-order valence-electron chi connectivity index (χ4n) is 8.48. The Morgan fingerprint density at radius 2 is 0.971 bits per heavy atom. The van der Waals surface area contributed by atoms with Gasteiger partial charge in [0.1, 0.15) is 23.0 Å². The van der Waals surface area contributed by atoms with E-state index >= 15 is 0 Å². The average molecular weight is 933 g/mol. The van der Waals surface area contributed by atoms with Gasteiger partial charge in [0.15, 0.2) is 11.6 Å². The summed E-state index contributed by atoms with van der Waals surface area (Å²) in [5, 5.41) is 9.00. The van der Waals surface area contributed by atoms with Gasteiger partial charge in [0.2, 0.25) is 11.8 Å². The molecule has 14 nitrogen and oxygen atoms in total. The summed E-state index contributed by atoms with van der Waals surface area (Å²) in [5.41, 5.74) is 1.99. The van der Waals surface area contributed by atoms with Crippen LogP contribution in [0.5, 0.6) is 11.8 Å². The molecule has 20 heteroatoms. The normalized spacial score (nSPS) is 16.1. The smallest absolute Gasteiger partial charge is 0.416 e. The Morgan fingerprint density at radius 1 is 0.544 bits per heavy atom. The molecule has 2 aromatic carbocycles. The van der Waals surface area contributed by atoms with Crippen molar-refractivity contribution in [1.29, 1.82) is 0 Å². The highest BCUT2D eigenvalue weighted by Gasteiger charge is 2.39. The summed E-state index contributed by atoms with van der Waals surface area (Å²) in [7, 11) is 3.08. The molecule has 8 heterocycles. The number of hydrogen-bond donors (Lipinski definition) is 0. The Hall–Kier alpha value is -7.90. The van der Waals surface area contributed by atoms with E-state index in [1.807, 2.05) is 24.3 Å². The summed E-state index contributed by atoms with van der Waals surface area (Å²) in [6, 6.07) is 18.8. The van der Waals surface area contributed by atoms with Crippen molar-refractivity contribution in [3.63, 3.8) is 0 Å².